The highest BCUT2D eigenvalue weighted by molar-refractivity contribution is 14.1. The summed E-state index contributed by atoms with van der Waals surface area (Å²) in [5.41, 5.74) is 1.33. The summed E-state index contributed by atoms with van der Waals surface area (Å²) in [7, 11) is 0. The number of benzene rings is 1. The van der Waals surface area contributed by atoms with Crippen LogP contribution in [0.4, 0.5) is 0 Å². The van der Waals surface area contributed by atoms with Gasteiger partial charge in [0.2, 0.25) is 0 Å². The number of nitrogens with one attached hydrogen (secondary N) is 2. The Morgan fingerprint density at radius 1 is 1.33 bits per heavy atom. The van der Waals surface area contributed by atoms with Crippen LogP contribution in [0.25, 0.3) is 0 Å². The lowest BCUT2D eigenvalue weighted by molar-refractivity contribution is 0.508. The van der Waals surface area contributed by atoms with Crippen molar-refractivity contribution in [1.29, 1.82) is 0 Å². The first-order valence-corrected chi connectivity index (χ1v) is 7.34. The van der Waals surface area contributed by atoms with E-state index in [4.69, 9.17) is 0 Å². The molecule has 1 unspecified atom stereocenters. The monoisotopic (exact) mass is 355 g/mol. The van der Waals surface area contributed by atoms with Crippen LogP contribution in [-0.2, 0) is 6.42 Å². The largest absolute Gasteiger partial charge is 0.347 e. The van der Waals surface area contributed by atoms with Crippen LogP contribution in [0.1, 0.15) is 30.8 Å². The summed E-state index contributed by atoms with van der Waals surface area (Å²) >= 11 is 2.33. The fraction of sp³-hybridized carbons (Fsp3) is 0.357. The molecular weight excluding hydrogens is 337 g/mol. The topological polar surface area (TPSA) is 40.7 Å². The molecule has 0 radical (unpaired) electrons. The van der Waals surface area contributed by atoms with Crippen molar-refractivity contribution in [3.05, 3.63) is 51.6 Å². The van der Waals surface area contributed by atoms with Gasteiger partial charge in [-0.2, -0.15) is 0 Å². The Hall–Kier alpha value is -0.880. The maximum absolute atomic E-state index is 4.36. The van der Waals surface area contributed by atoms with Gasteiger partial charge in [0.1, 0.15) is 5.82 Å². The molecule has 0 spiro atoms. The molecule has 2 rings (SSSR count). The van der Waals surface area contributed by atoms with Crippen molar-refractivity contribution in [2.24, 2.45) is 0 Å². The standard InChI is InChI=1S/C14H18IN3/c1-2-7-16-13(14-17-8-9-18-14)10-11-3-5-12(15)6-4-11/h3-6,8-9,13,16H,2,7,10H2,1H3,(H,17,18). The second kappa shape index (κ2) is 6.89. The van der Waals surface area contributed by atoms with Crippen LogP contribution in [-0.4, -0.2) is 16.5 Å². The predicted molar refractivity (Wildman–Crippen MR) is 82.5 cm³/mol. The highest BCUT2D eigenvalue weighted by Crippen LogP contribution is 2.16. The number of hydrogen-bond acceptors (Lipinski definition) is 2. The number of aromatic amines is 1. The molecule has 0 saturated carbocycles. The van der Waals surface area contributed by atoms with Crippen LogP contribution >= 0.6 is 22.6 Å². The Morgan fingerprint density at radius 3 is 2.72 bits per heavy atom. The maximum Gasteiger partial charge on any atom is 0.123 e. The molecule has 4 heteroatoms. The number of nitrogens with zero attached hydrogens (tertiary/aromatic N) is 1. The zero-order chi connectivity index (χ0) is 12.8. The smallest absolute Gasteiger partial charge is 0.123 e. The summed E-state index contributed by atoms with van der Waals surface area (Å²) in [6.45, 7) is 3.19. The molecule has 2 aromatic rings. The normalized spacial score (nSPS) is 12.6. The van der Waals surface area contributed by atoms with Gasteiger partial charge in [-0.15, -0.1) is 0 Å². The number of H-pyrrole nitrogens is 1. The van der Waals surface area contributed by atoms with Crippen molar-refractivity contribution >= 4 is 22.6 Å². The number of hydrogen-bond donors (Lipinski definition) is 2. The summed E-state index contributed by atoms with van der Waals surface area (Å²) in [5.74, 6) is 1.02. The second-order valence-electron chi connectivity index (χ2n) is 4.31. The van der Waals surface area contributed by atoms with E-state index in [2.05, 4.69) is 69.1 Å². The minimum absolute atomic E-state index is 0.264. The van der Waals surface area contributed by atoms with Gasteiger partial charge in [-0.1, -0.05) is 19.1 Å². The highest BCUT2D eigenvalue weighted by Gasteiger charge is 2.13. The van der Waals surface area contributed by atoms with Crippen LogP contribution < -0.4 is 5.32 Å². The van der Waals surface area contributed by atoms with E-state index in [1.165, 1.54) is 9.13 Å². The molecule has 0 saturated heterocycles. The lowest BCUT2D eigenvalue weighted by atomic mass is 10.1. The average molecular weight is 355 g/mol. The van der Waals surface area contributed by atoms with Gasteiger partial charge < -0.3 is 10.3 Å². The van der Waals surface area contributed by atoms with Crippen LogP contribution in [0.5, 0.6) is 0 Å². The van der Waals surface area contributed by atoms with Gasteiger partial charge in [0, 0.05) is 16.0 Å². The summed E-state index contributed by atoms with van der Waals surface area (Å²) in [5, 5.41) is 3.54. The van der Waals surface area contributed by atoms with Crippen molar-refractivity contribution in [3.8, 4) is 0 Å². The molecule has 1 atom stereocenters. The molecule has 0 aliphatic heterocycles. The van der Waals surface area contributed by atoms with E-state index >= 15 is 0 Å². The minimum Gasteiger partial charge on any atom is -0.347 e. The third-order valence-electron chi connectivity index (χ3n) is 2.84. The van der Waals surface area contributed by atoms with Gasteiger partial charge in [-0.25, -0.2) is 4.98 Å². The lowest BCUT2D eigenvalue weighted by Gasteiger charge is -2.16. The zero-order valence-electron chi connectivity index (χ0n) is 10.5. The molecule has 0 fully saturated rings. The number of imidazole rings is 1. The van der Waals surface area contributed by atoms with Crippen molar-refractivity contribution in [3.63, 3.8) is 0 Å². The van der Waals surface area contributed by atoms with Crippen molar-refractivity contribution < 1.29 is 0 Å². The lowest BCUT2D eigenvalue weighted by Crippen LogP contribution is -2.25. The molecule has 96 valence electrons. The first-order valence-electron chi connectivity index (χ1n) is 6.26. The molecule has 0 aliphatic carbocycles. The number of rotatable bonds is 6. The van der Waals surface area contributed by atoms with Crippen molar-refractivity contribution in [2.75, 3.05) is 6.54 Å². The van der Waals surface area contributed by atoms with E-state index in [1.54, 1.807) is 0 Å². The average Bonchev–Trinajstić information content (AvgIpc) is 2.90. The molecule has 2 N–H and O–H groups in total. The van der Waals surface area contributed by atoms with E-state index in [-0.39, 0.29) is 6.04 Å². The van der Waals surface area contributed by atoms with Gasteiger partial charge in [0.15, 0.2) is 0 Å². The molecule has 1 heterocycles. The SMILES string of the molecule is CCCNC(Cc1ccc(I)cc1)c1ncc[nH]1. The summed E-state index contributed by atoms with van der Waals surface area (Å²) in [6, 6.07) is 8.93. The molecule has 1 aromatic heterocycles. The van der Waals surface area contributed by atoms with Crippen LogP contribution in [0.15, 0.2) is 36.7 Å². The first kappa shape index (κ1) is 13.5. The van der Waals surface area contributed by atoms with Crippen molar-refractivity contribution in [2.45, 2.75) is 25.8 Å². The van der Waals surface area contributed by atoms with Crippen LogP contribution in [0.2, 0.25) is 0 Å². The van der Waals surface area contributed by atoms with Gasteiger partial charge in [-0.3, -0.25) is 0 Å². The zero-order valence-corrected chi connectivity index (χ0v) is 12.6. The van der Waals surface area contributed by atoms with Crippen LogP contribution in [0, 0.1) is 3.57 Å². The Labute approximate surface area is 122 Å². The van der Waals surface area contributed by atoms with Gasteiger partial charge in [0.25, 0.3) is 0 Å². The quantitative estimate of drug-likeness (QED) is 0.781. The van der Waals surface area contributed by atoms with Gasteiger partial charge in [-0.05, 0) is 59.7 Å². The van der Waals surface area contributed by atoms with Crippen LogP contribution in [0.3, 0.4) is 0 Å². The molecule has 0 aliphatic rings. The molecule has 0 amide bonds. The molecule has 3 nitrogen and oxygen atoms in total. The van der Waals surface area contributed by atoms with E-state index in [0.29, 0.717) is 0 Å². The Morgan fingerprint density at radius 2 is 2.11 bits per heavy atom. The first-order chi connectivity index (χ1) is 8.79. The maximum atomic E-state index is 4.36. The predicted octanol–water partition coefficient (Wildman–Crippen LogP) is 3.30. The Balaban J connectivity index is 2.07. The molecule has 18 heavy (non-hydrogen) atoms. The van der Waals surface area contributed by atoms with E-state index in [1.807, 2.05) is 12.4 Å². The summed E-state index contributed by atoms with van der Waals surface area (Å²) < 4.78 is 1.27. The molecule has 1 aromatic carbocycles. The van der Waals surface area contributed by atoms with Crippen molar-refractivity contribution in [1.82, 2.24) is 15.3 Å². The van der Waals surface area contributed by atoms with E-state index in [9.17, 15) is 0 Å². The Bertz CT molecular complexity index is 450. The third kappa shape index (κ3) is 3.81. The fourth-order valence-corrected chi connectivity index (χ4v) is 2.27. The van der Waals surface area contributed by atoms with E-state index in [0.717, 1.165) is 25.2 Å². The summed E-state index contributed by atoms with van der Waals surface area (Å²) in [4.78, 5) is 7.57. The molecular formula is C14H18IN3. The number of aromatic nitrogens is 2. The fourth-order valence-electron chi connectivity index (χ4n) is 1.91. The number of halogens is 1. The second-order valence-corrected chi connectivity index (χ2v) is 5.56. The van der Waals surface area contributed by atoms with Gasteiger partial charge in [0.05, 0.1) is 6.04 Å². The molecule has 0 bridgehead atoms. The minimum atomic E-state index is 0.264. The third-order valence-corrected chi connectivity index (χ3v) is 3.56. The van der Waals surface area contributed by atoms with Gasteiger partial charge >= 0.3 is 0 Å². The Kier molecular flexibility index (Phi) is 5.19. The highest BCUT2D eigenvalue weighted by atomic mass is 127. The van der Waals surface area contributed by atoms with E-state index < -0.39 is 0 Å². The summed E-state index contributed by atoms with van der Waals surface area (Å²) in [6.07, 6.45) is 5.78.